The second-order valence-corrected chi connectivity index (χ2v) is 4.47. The van der Waals surface area contributed by atoms with Crippen LogP contribution < -0.4 is 0 Å². The molecule has 2 unspecified atom stereocenters. The minimum atomic E-state index is -0.776. The van der Waals surface area contributed by atoms with Crippen LogP contribution in [-0.2, 0) is 16.1 Å². The third kappa shape index (κ3) is 2.86. The summed E-state index contributed by atoms with van der Waals surface area (Å²) in [4.78, 5) is 17.4. The molecule has 0 aliphatic carbocycles. The highest BCUT2D eigenvalue weighted by molar-refractivity contribution is 5.71. The summed E-state index contributed by atoms with van der Waals surface area (Å²) < 4.78 is 5.31. The zero-order valence-corrected chi connectivity index (χ0v) is 10.5. The summed E-state index contributed by atoms with van der Waals surface area (Å²) >= 11 is 0. The molecular weight excluding hydrogens is 232 g/mol. The van der Waals surface area contributed by atoms with Crippen LogP contribution in [-0.4, -0.2) is 46.8 Å². The van der Waals surface area contributed by atoms with Crippen molar-refractivity contribution in [3.05, 3.63) is 30.1 Å². The third-order valence-corrected chi connectivity index (χ3v) is 3.35. The molecule has 1 fully saturated rings. The van der Waals surface area contributed by atoms with Gasteiger partial charge < -0.3 is 9.84 Å². The van der Waals surface area contributed by atoms with Gasteiger partial charge in [-0.15, -0.1) is 0 Å². The zero-order chi connectivity index (χ0) is 13.0. The van der Waals surface area contributed by atoms with Crippen molar-refractivity contribution in [1.82, 2.24) is 9.88 Å². The number of nitrogens with zero attached hydrogens (tertiary/aromatic N) is 2. The Bertz CT molecular complexity index is 396. The Balaban J connectivity index is 2.06. The van der Waals surface area contributed by atoms with E-state index in [2.05, 4.69) is 9.88 Å². The van der Waals surface area contributed by atoms with Gasteiger partial charge in [0.2, 0.25) is 0 Å². The predicted molar refractivity (Wildman–Crippen MR) is 66.1 cm³/mol. The highest BCUT2D eigenvalue weighted by Gasteiger charge is 2.37. The van der Waals surface area contributed by atoms with Crippen molar-refractivity contribution in [1.29, 1.82) is 0 Å². The number of hydrogen-bond acceptors (Lipinski definition) is 4. The number of aliphatic carboxylic acids is 1. The molecule has 5 heteroatoms. The minimum Gasteiger partial charge on any atom is -0.481 e. The van der Waals surface area contributed by atoms with E-state index in [-0.39, 0.29) is 6.04 Å². The molecule has 5 nitrogen and oxygen atoms in total. The third-order valence-electron chi connectivity index (χ3n) is 3.35. The van der Waals surface area contributed by atoms with E-state index in [1.54, 1.807) is 6.20 Å². The van der Waals surface area contributed by atoms with Crippen LogP contribution in [0.4, 0.5) is 0 Å². The van der Waals surface area contributed by atoms with Crippen LogP contribution in [0.25, 0.3) is 0 Å². The Morgan fingerprint density at radius 2 is 2.44 bits per heavy atom. The first-order valence-electron chi connectivity index (χ1n) is 6.16. The average Bonchev–Trinajstić information content (AvgIpc) is 2.86. The summed E-state index contributed by atoms with van der Waals surface area (Å²) in [6.07, 6.45) is 3.55. The van der Waals surface area contributed by atoms with E-state index in [0.29, 0.717) is 19.8 Å². The summed E-state index contributed by atoms with van der Waals surface area (Å²) in [5, 5.41) is 9.18. The van der Waals surface area contributed by atoms with Crippen molar-refractivity contribution in [2.75, 3.05) is 19.8 Å². The molecule has 98 valence electrons. The maximum Gasteiger partial charge on any atom is 0.310 e. The van der Waals surface area contributed by atoms with Crippen LogP contribution in [0.15, 0.2) is 24.5 Å². The number of carbonyl (C=O) groups is 1. The lowest BCUT2D eigenvalue weighted by molar-refractivity contribution is -0.143. The summed E-state index contributed by atoms with van der Waals surface area (Å²) in [6, 6.07) is 3.84. The monoisotopic (exact) mass is 250 g/mol. The molecule has 1 saturated heterocycles. The fraction of sp³-hybridized carbons (Fsp3) is 0.538. The summed E-state index contributed by atoms with van der Waals surface area (Å²) in [6.45, 7) is 4.34. The van der Waals surface area contributed by atoms with Gasteiger partial charge in [-0.3, -0.25) is 14.7 Å². The Labute approximate surface area is 106 Å². The van der Waals surface area contributed by atoms with Crippen molar-refractivity contribution >= 4 is 5.97 Å². The summed E-state index contributed by atoms with van der Waals surface area (Å²) in [5.74, 6) is -1.20. The molecule has 0 amide bonds. The number of ether oxygens (including phenoxy) is 1. The van der Waals surface area contributed by atoms with Crippen LogP contribution in [0.5, 0.6) is 0 Å². The maximum atomic E-state index is 11.2. The van der Waals surface area contributed by atoms with E-state index in [1.165, 1.54) is 0 Å². The van der Waals surface area contributed by atoms with Gasteiger partial charge >= 0.3 is 5.97 Å². The molecule has 0 aromatic carbocycles. The zero-order valence-electron chi connectivity index (χ0n) is 10.5. The number of carboxylic acids is 1. The smallest absolute Gasteiger partial charge is 0.310 e. The van der Waals surface area contributed by atoms with Gasteiger partial charge in [-0.2, -0.15) is 0 Å². The van der Waals surface area contributed by atoms with Crippen LogP contribution in [0.2, 0.25) is 0 Å². The van der Waals surface area contributed by atoms with Crippen LogP contribution in [0.1, 0.15) is 12.5 Å². The Kier molecular flexibility index (Phi) is 4.28. The normalized spacial score (nSPS) is 23.4. The van der Waals surface area contributed by atoms with Crippen LogP contribution in [0.3, 0.4) is 0 Å². The fourth-order valence-electron chi connectivity index (χ4n) is 2.33. The molecule has 1 aromatic rings. The molecule has 2 atom stereocenters. The lowest BCUT2D eigenvalue weighted by Crippen LogP contribution is -2.42. The van der Waals surface area contributed by atoms with E-state index < -0.39 is 11.9 Å². The molecule has 0 radical (unpaired) electrons. The minimum absolute atomic E-state index is 0.0484. The lowest BCUT2D eigenvalue weighted by atomic mass is 10.0. The number of hydrogen-bond donors (Lipinski definition) is 1. The van der Waals surface area contributed by atoms with Gasteiger partial charge in [0, 0.05) is 25.0 Å². The highest BCUT2D eigenvalue weighted by atomic mass is 16.5. The molecule has 1 aromatic heterocycles. The number of rotatable bonds is 5. The Hall–Kier alpha value is -1.46. The van der Waals surface area contributed by atoms with Crippen molar-refractivity contribution < 1.29 is 14.6 Å². The molecule has 2 rings (SSSR count). The molecular formula is C13H18N2O3. The number of likely N-dealkylation sites (N-methyl/N-ethyl adjacent to an activating group) is 1. The van der Waals surface area contributed by atoms with E-state index in [0.717, 1.165) is 12.1 Å². The molecule has 18 heavy (non-hydrogen) atoms. The summed E-state index contributed by atoms with van der Waals surface area (Å²) in [7, 11) is 0. The highest BCUT2D eigenvalue weighted by Crippen LogP contribution is 2.21. The van der Waals surface area contributed by atoms with Gasteiger partial charge in [-0.05, 0) is 18.2 Å². The van der Waals surface area contributed by atoms with Gasteiger partial charge in [-0.25, -0.2) is 0 Å². The standard InChI is InChI=1S/C13H18N2O3/c1-2-15(7-10-4-3-5-14-6-10)12-9-18-8-11(12)13(16)17/h3-6,11-12H,2,7-9H2,1H3,(H,16,17). The summed E-state index contributed by atoms with van der Waals surface area (Å²) in [5.41, 5.74) is 1.09. The van der Waals surface area contributed by atoms with Gasteiger partial charge in [0.15, 0.2) is 0 Å². The molecule has 0 bridgehead atoms. The molecule has 2 heterocycles. The van der Waals surface area contributed by atoms with Gasteiger partial charge in [0.1, 0.15) is 0 Å². The number of carboxylic acid groups (broad SMARTS) is 1. The number of aromatic nitrogens is 1. The van der Waals surface area contributed by atoms with Crippen molar-refractivity contribution in [2.24, 2.45) is 5.92 Å². The topological polar surface area (TPSA) is 62.7 Å². The molecule has 0 spiro atoms. The van der Waals surface area contributed by atoms with Crippen LogP contribution in [0, 0.1) is 5.92 Å². The maximum absolute atomic E-state index is 11.2. The van der Waals surface area contributed by atoms with E-state index in [9.17, 15) is 9.90 Å². The van der Waals surface area contributed by atoms with Gasteiger partial charge in [-0.1, -0.05) is 13.0 Å². The van der Waals surface area contributed by atoms with Gasteiger partial charge in [0.25, 0.3) is 0 Å². The van der Waals surface area contributed by atoms with Gasteiger partial charge in [0.05, 0.1) is 19.1 Å². The molecule has 1 aliphatic heterocycles. The molecule has 1 aliphatic rings. The van der Waals surface area contributed by atoms with Crippen molar-refractivity contribution in [3.63, 3.8) is 0 Å². The first-order valence-corrected chi connectivity index (χ1v) is 6.16. The Morgan fingerprint density at radius 3 is 3.06 bits per heavy atom. The quantitative estimate of drug-likeness (QED) is 0.844. The van der Waals surface area contributed by atoms with Crippen LogP contribution >= 0.6 is 0 Å². The predicted octanol–water partition coefficient (Wildman–Crippen LogP) is 1.00. The van der Waals surface area contributed by atoms with Crippen molar-refractivity contribution in [3.8, 4) is 0 Å². The van der Waals surface area contributed by atoms with Crippen molar-refractivity contribution in [2.45, 2.75) is 19.5 Å². The van der Waals surface area contributed by atoms with E-state index >= 15 is 0 Å². The Morgan fingerprint density at radius 1 is 1.61 bits per heavy atom. The second kappa shape index (κ2) is 5.93. The second-order valence-electron chi connectivity index (χ2n) is 4.47. The molecule has 1 N–H and O–H groups in total. The SMILES string of the molecule is CCN(Cc1cccnc1)C1COCC1C(=O)O. The van der Waals surface area contributed by atoms with E-state index in [4.69, 9.17) is 4.74 Å². The largest absolute Gasteiger partial charge is 0.481 e. The number of pyridine rings is 1. The van der Waals surface area contributed by atoms with E-state index in [1.807, 2.05) is 25.3 Å². The first-order chi connectivity index (χ1) is 8.72. The lowest BCUT2D eigenvalue weighted by Gasteiger charge is -2.28. The fourth-order valence-corrected chi connectivity index (χ4v) is 2.33. The average molecular weight is 250 g/mol. The molecule has 0 saturated carbocycles. The first kappa shape index (κ1) is 13.0.